The maximum Gasteiger partial charge on any atom is 0.261 e. The molecule has 1 atom stereocenters. The molecule has 1 saturated heterocycles. The van der Waals surface area contributed by atoms with Gasteiger partial charge in [0.1, 0.15) is 11.6 Å². The van der Waals surface area contributed by atoms with Crippen molar-refractivity contribution in [2.24, 2.45) is 0 Å². The Morgan fingerprint density at radius 3 is 2.70 bits per heavy atom. The van der Waals surface area contributed by atoms with Gasteiger partial charge in [-0.05, 0) is 19.3 Å². The van der Waals surface area contributed by atoms with Crippen LogP contribution in [0.4, 0.5) is 5.82 Å². The number of nitrogens with zero attached hydrogens (tertiary/aromatic N) is 2. The molecule has 1 aromatic heterocycles. The minimum absolute atomic E-state index is 0.0968. The molecule has 2 aliphatic rings. The lowest BCUT2D eigenvalue weighted by atomic mass is 9.95. The number of H-pyrrole nitrogens is 1. The van der Waals surface area contributed by atoms with Crippen molar-refractivity contribution < 1.29 is 4.21 Å². The molecular formula is C19H31N5O2S. The third-order valence-electron chi connectivity index (χ3n) is 5.51. The molecular weight excluding hydrogens is 362 g/mol. The van der Waals surface area contributed by atoms with E-state index in [1.54, 1.807) is 0 Å². The molecule has 7 nitrogen and oxygen atoms in total. The fourth-order valence-corrected chi connectivity index (χ4v) is 5.16. The number of nitrogens with one attached hydrogen (secondary N) is 3. The van der Waals surface area contributed by atoms with E-state index in [-0.39, 0.29) is 11.5 Å². The zero-order chi connectivity index (χ0) is 19.2. The number of aromatic nitrogens is 2. The van der Waals surface area contributed by atoms with Crippen LogP contribution in [0.3, 0.4) is 0 Å². The van der Waals surface area contributed by atoms with Crippen molar-refractivity contribution in [3.05, 3.63) is 21.7 Å². The SMILES string of the molecule is CCCCCS(=O)N1CC(c2nc(NC3CCCCC3)c(C=N)c(=O)[nH]2)C1. The molecule has 0 aromatic carbocycles. The molecule has 0 spiro atoms. The molecule has 1 aromatic rings. The van der Waals surface area contributed by atoms with Gasteiger partial charge in [0.25, 0.3) is 5.56 Å². The van der Waals surface area contributed by atoms with Crippen molar-refractivity contribution in [3.63, 3.8) is 0 Å². The first kappa shape index (κ1) is 20.2. The number of hydrogen-bond acceptors (Lipinski definition) is 5. The van der Waals surface area contributed by atoms with Crippen LogP contribution in [0.5, 0.6) is 0 Å². The highest BCUT2D eigenvalue weighted by Gasteiger charge is 2.34. The van der Waals surface area contributed by atoms with Gasteiger partial charge in [0.05, 0.1) is 16.5 Å². The van der Waals surface area contributed by atoms with E-state index in [9.17, 15) is 9.00 Å². The molecule has 27 heavy (non-hydrogen) atoms. The molecule has 0 radical (unpaired) electrons. The average molecular weight is 394 g/mol. The lowest BCUT2D eigenvalue weighted by Crippen LogP contribution is -2.47. The first-order valence-corrected chi connectivity index (χ1v) is 11.4. The lowest BCUT2D eigenvalue weighted by Gasteiger charge is -2.37. The second-order valence-corrected chi connectivity index (χ2v) is 9.18. The van der Waals surface area contributed by atoms with Gasteiger partial charge in [0.15, 0.2) is 0 Å². The Hall–Kier alpha value is -1.54. The molecule has 8 heteroatoms. The summed E-state index contributed by atoms with van der Waals surface area (Å²) in [5.41, 5.74) is 0.0273. The Kier molecular flexibility index (Phi) is 7.18. The Morgan fingerprint density at radius 2 is 2.04 bits per heavy atom. The van der Waals surface area contributed by atoms with E-state index in [2.05, 4.69) is 22.2 Å². The zero-order valence-electron chi connectivity index (χ0n) is 16.1. The molecule has 1 saturated carbocycles. The molecule has 0 bridgehead atoms. The molecule has 1 aliphatic heterocycles. The molecule has 2 heterocycles. The smallest absolute Gasteiger partial charge is 0.261 e. The van der Waals surface area contributed by atoms with Crippen LogP contribution >= 0.6 is 0 Å². The van der Waals surface area contributed by atoms with E-state index in [4.69, 9.17) is 5.41 Å². The van der Waals surface area contributed by atoms with Gasteiger partial charge in [-0.25, -0.2) is 13.5 Å². The van der Waals surface area contributed by atoms with Crippen LogP contribution < -0.4 is 10.9 Å². The largest absolute Gasteiger partial charge is 0.367 e. The summed E-state index contributed by atoms with van der Waals surface area (Å²) in [5, 5.41) is 11.0. The summed E-state index contributed by atoms with van der Waals surface area (Å²) in [6.07, 6.45) is 10.1. The summed E-state index contributed by atoms with van der Waals surface area (Å²) in [4.78, 5) is 19.9. The minimum Gasteiger partial charge on any atom is -0.367 e. The van der Waals surface area contributed by atoms with Gasteiger partial charge < -0.3 is 15.7 Å². The predicted molar refractivity (Wildman–Crippen MR) is 110 cm³/mol. The highest BCUT2D eigenvalue weighted by atomic mass is 32.2. The first-order chi connectivity index (χ1) is 13.1. The molecule has 3 rings (SSSR count). The van der Waals surface area contributed by atoms with Gasteiger partial charge in [-0.3, -0.25) is 4.79 Å². The van der Waals surface area contributed by atoms with Crippen LogP contribution in [0, 0.1) is 5.41 Å². The van der Waals surface area contributed by atoms with Crippen LogP contribution in [-0.2, 0) is 11.0 Å². The third kappa shape index (κ3) is 5.04. The highest BCUT2D eigenvalue weighted by molar-refractivity contribution is 7.82. The van der Waals surface area contributed by atoms with Gasteiger partial charge in [-0.1, -0.05) is 39.0 Å². The van der Waals surface area contributed by atoms with Gasteiger partial charge in [-0.2, -0.15) is 0 Å². The maximum absolute atomic E-state index is 12.4. The van der Waals surface area contributed by atoms with Crippen molar-refractivity contribution >= 4 is 23.0 Å². The van der Waals surface area contributed by atoms with Crippen LogP contribution in [0.2, 0.25) is 0 Å². The Bertz CT molecular complexity index is 723. The molecule has 2 fully saturated rings. The van der Waals surface area contributed by atoms with Crippen LogP contribution in [0.25, 0.3) is 0 Å². The standard InChI is InChI=1S/C19H31N5O2S/c1-2-3-7-10-27(26)24-12-14(13-24)17-22-18(16(11-20)19(25)23-17)21-15-8-5-4-6-9-15/h11,14-15,20H,2-10,12-13H2,1H3,(H2,21,22,23,25). The Balaban J connectivity index is 1.65. The average Bonchev–Trinajstić information content (AvgIpc) is 2.61. The minimum atomic E-state index is -0.935. The normalized spacial score (nSPS) is 20.2. The highest BCUT2D eigenvalue weighted by Crippen LogP contribution is 2.27. The summed E-state index contributed by atoms with van der Waals surface area (Å²) in [7, 11) is -0.935. The van der Waals surface area contributed by atoms with E-state index < -0.39 is 11.0 Å². The number of anilines is 1. The van der Waals surface area contributed by atoms with Crippen molar-refractivity contribution in [3.8, 4) is 0 Å². The zero-order valence-corrected chi connectivity index (χ0v) is 16.9. The second kappa shape index (κ2) is 9.59. The van der Waals surface area contributed by atoms with Crippen LogP contribution in [0.1, 0.15) is 75.6 Å². The van der Waals surface area contributed by atoms with Crippen molar-refractivity contribution in [1.82, 2.24) is 14.3 Å². The van der Waals surface area contributed by atoms with E-state index in [0.29, 0.717) is 42.1 Å². The van der Waals surface area contributed by atoms with Crippen molar-refractivity contribution in [1.29, 1.82) is 5.41 Å². The van der Waals surface area contributed by atoms with E-state index >= 15 is 0 Å². The van der Waals surface area contributed by atoms with Gasteiger partial charge >= 0.3 is 0 Å². The van der Waals surface area contributed by atoms with E-state index in [1.807, 2.05) is 4.31 Å². The van der Waals surface area contributed by atoms with Gasteiger partial charge in [0.2, 0.25) is 0 Å². The second-order valence-electron chi connectivity index (χ2n) is 7.61. The fraction of sp³-hybridized carbons (Fsp3) is 0.737. The number of unbranched alkanes of at least 4 members (excludes halogenated alkanes) is 2. The number of aromatic amines is 1. The van der Waals surface area contributed by atoms with E-state index in [1.165, 1.54) is 19.3 Å². The maximum atomic E-state index is 12.4. The number of rotatable bonds is 9. The van der Waals surface area contributed by atoms with Crippen molar-refractivity contribution in [2.75, 3.05) is 24.2 Å². The predicted octanol–water partition coefficient (Wildman–Crippen LogP) is 2.77. The summed E-state index contributed by atoms with van der Waals surface area (Å²) < 4.78 is 14.2. The van der Waals surface area contributed by atoms with Crippen molar-refractivity contribution in [2.45, 2.75) is 70.3 Å². The lowest BCUT2D eigenvalue weighted by molar-refractivity contribution is 0.268. The molecule has 1 aliphatic carbocycles. The molecule has 0 amide bonds. The topological polar surface area (TPSA) is 102 Å². The third-order valence-corrected chi connectivity index (χ3v) is 7.02. The summed E-state index contributed by atoms with van der Waals surface area (Å²) in [6.45, 7) is 3.46. The Labute approximate surface area is 163 Å². The molecule has 1 unspecified atom stereocenters. The first-order valence-electron chi connectivity index (χ1n) is 10.2. The van der Waals surface area contributed by atoms with Gasteiger partial charge in [-0.15, -0.1) is 0 Å². The number of hydrogen-bond donors (Lipinski definition) is 3. The quantitative estimate of drug-likeness (QED) is 0.443. The van der Waals surface area contributed by atoms with Crippen LogP contribution in [-0.4, -0.2) is 49.6 Å². The monoisotopic (exact) mass is 393 g/mol. The summed E-state index contributed by atoms with van der Waals surface area (Å²) >= 11 is 0. The Morgan fingerprint density at radius 1 is 1.30 bits per heavy atom. The summed E-state index contributed by atoms with van der Waals surface area (Å²) in [5.74, 6) is 1.98. The van der Waals surface area contributed by atoms with E-state index in [0.717, 1.165) is 38.3 Å². The fourth-order valence-electron chi connectivity index (χ4n) is 3.76. The molecule has 150 valence electrons. The van der Waals surface area contributed by atoms with Gasteiger partial charge in [0, 0.05) is 37.0 Å². The van der Waals surface area contributed by atoms with Crippen LogP contribution in [0.15, 0.2) is 4.79 Å². The summed E-state index contributed by atoms with van der Waals surface area (Å²) in [6, 6.07) is 0.323. The molecule has 3 N–H and O–H groups in total.